The average Bonchev–Trinajstić information content (AvgIpc) is 3.47. The molecule has 3 aromatic rings. The van der Waals surface area contributed by atoms with Crippen molar-refractivity contribution >= 4 is 33.2 Å². The maximum absolute atomic E-state index is 12.8. The van der Waals surface area contributed by atoms with E-state index in [0.29, 0.717) is 6.42 Å². The summed E-state index contributed by atoms with van der Waals surface area (Å²) < 4.78 is 27.6. The van der Waals surface area contributed by atoms with E-state index in [1.165, 1.54) is 35.6 Å². The van der Waals surface area contributed by atoms with Gasteiger partial charge in [-0.1, -0.05) is 36.4 Å². The molecule has 172 valence electrons. The predicted molar refractivity (Wildman–Crippen MR) is 127 cm³/mol. The summed E-state index contributed by atoms with van der Waals surface area (Å²) in [6, 6.07) is 18.3. The van der Waals surface area contributed by atoms with Crippen LogP contribution in [0.1, 0.15) is 33.6 Å². The van der Waals surface area contributed by atoms with Crippen molar-refractivity contribution in [3.8, 4) is 0 Å². The van der Waals surface area contributed by atoms with E-state index in [1.807, 2.05) is 47.8 Å². The molecule has 3 N–H and O–H groups in total. The molecule has 1 fully saturated rings. The third kappa shape index (κ3) is 6.50. The Morgan fingerprint density at radius 3 is 2.33 bits per heavy atom. The van der Waals surface area contributed by atoms with Crippen LogP contribution >= 0.6 is 11.3 Å². The average molecular weight is 484 g/mol. The first kappa shape index (κ1) is 23.2. The molecular formula is C24H25N3O4S2. The van der Waals surface area contributed by atoms with Gasteiger partial charge in [-0.15, -0.1) is 11.3 Å². The van der Waals surface area contributed by atoms with Crippen molar-refractivity contribution in [1.82, 2.24) is 15.4 Å². The highest BCUT2D eigenvalue weighted by Crippen LogP contribution is 2.19. The van der Waals surface area contributed by atoms with Crippen LogP contribution in [0.3, 0.4) is 0 Å². The largest absolute Gasteiger partial charge is 0.352 e. The number of thiophene rings is 1. The minimum Gasteiger partial charge on any atom is -0.352 e. The van der Waals surface area contributed by atoms with Crippen molar-refractivity contribution in [1.29, 1.82) is 0 Å². The number of nitrogens with one attached hydrogen (secondary N) is 3. The number of rotatable bonds is 10. The SMILES string of the molecule is O=C(NC(Cc1ccccc1)C(=O)NC1CC1)c1ccc(S(=O)(=O)NCc2cccs2)cc1. The number of sulfonamides is 1. The first-order valence-electron chi connectivity index (χ1n) is 10.7. The van der Waals surface area contributed by atoms with Gasteiger partial charge in [-0.25, -0.2) is 13.1 Å². The maximum atomic E-state index is 12.8. The van der Waals surface area contributed by atoms with Crippen LogP contribution in [0.5, 0.6) is 0 Å². The molecule has 0 radical (unpaired) electrons. The van der Waals surface area contributed by atoms with Gasteiger partial charge in [-0.05, 0) is 54.1 Å². The molecule has 0 bridgehead atoms. The van der Waals surface area contributed by atoms with Crippen LogP contribution in [-0.2, 0) is 27.8 Å². The highest BCUT2D eigenvalue weighted by Gasteiger charge is 2.29. The van der Waals surface area contributed by atoms with E-state index in [1.54, 1.807) is 0 Å². The van der Waals surface area contributed by atoms with Crippen molar-refractivity contribution in [2.24, 2.45) is 0 Å². The molecule has 2 aromatic carbocycles. The number of carbonyl (C=O) groups is 2. The molecule has 0 spiro atoms. The molecule has 0 aliphatic heterocycles. The Balaban J connectivity index is 1.42. The standard InChI is InChI=1S/C24H25N3O4S2/c28-23(27-22(24(29)26-19-10-11-19)15-17-5-2-1-3-6-17)18-8-12-21(13-9-18)33(30,31)25-16-20-7-4-14-32-20/h1-9,12-14,19,22,25H,10-11,15-16H2,(H,26,29)(H,27,28). The molecule has 1 unspecified atom stereocenters. The Bertz CT molecular complexity index is 1190. The van der Waals surface area contributed by atoms with Gasteiger partial charge in [0.05, 0.1) is 4.90 Å². The van der Waals surface area contributed by atoms with Crippen molar-refractivity contribution in [2.75, 3.05) is 0 Å². The second-order valence-electron chi connectivity index (χ2n) is 7.93. The molecule has 4 rings (SSSR count). The summed E-state index contributed by atoms with van der Waals surface area (Å²) in [6.07, 6.45) is 2.27. The van der Waals surface area contributed by atoms with Gasteiger partial charge in [-0.3, -0.25) is 9.59 Å². The quantitative estimate of drug-likeness (QED) is 0.412. The second-order valence-corrected chi connectivity index (χ2v) is 10.7. The zero-order chi connectivity index (χ0) is 23.3. The van der Waals surface area contributed by atoms with Crippen LogP contribution in [0, 0.1) is 0 Å². The topological polar surface area (TPSA) is 104 Å². The van der Waals surface area contributed by atoms with E-state index in [2.05, 4.69) is 15.4 Å². The molecule has 0 saturated heterocycles. The van der Waals surface area contributed by atoms with Crippen LogP contribution in [0.2, 0.25) is 0 Å². The Hall–Kier alpha value is -3.01. The Kier molecular flexibility index (Phi) is 7.22. The van der Waals surface area contributed by atoms with Crippen molar-refractivity contribution in [3.63, 3.8) is 0 Å². The van der Waals surface area contributed by atoms with Crippen molar-refractivity contribution in [3.05, 3.63) is 88.1 Å². The van der Waals surface area contributed by atoms with Crippen molar-refractivity contribution < 1.29 is 18.0 Å². The summed E-state index contributed by atoms with van der Waals surface area (Å²) in [5.74, 6) is -0.649. The molecule has 1 aromatic heterocycles. The number of amides is 2. The van der Waals surface area contributed by atoms with Crippen LogP contribution in [-0.4, -0.2) is 32.3 Å². The lowest BCUT2D eigenvalue weighted by molar-refractivity contribution is -0.123. The zero-order valence-electron chi connectivity index (χ0n) is 17.9. The van der Waals surface area contributed by atoms with E-state index >= 15 is 0 Å². The van der Waals surface area contributed by atoms with Crippen molar-refractivity contribution in [2.45, 2.75) is 42.8 Å². The lowest BCUT2D eigenvalue weighted by Gasteiger charge is -2.19. The third-order valence-corrected chi connectivity index (χ3v) is 7.57. The van der Waals surface area contributed by atoms with Crippen LogP contribution < -0.4 is 15.4 Å². The minimum absolute atomic E-state index is 0.0721. The summed E-state index contributed by atoms with van der Waals surface area (Å²) in [6.45, 7) is 0.208. The molecule has 2 amide bonds. The number of hydrogen-bond donors (Lipinski definition) is 3. The predicted octanol–water partition coefficient (Wildman–Crippen LogP) is 2.85. The molecule has 1 aliphatic carbocycles. The molecule has 7 nitrogen and oxygen atoms in total. The highest BCUT2D eigenvalue weighted by molar-refractivity contribution is 7.89. The summed E-state index contributed by atoms with van der Waals surface area (Å²) >= 11 is 1.47. The first-order valence-corrected chi connectivity index (χ1v) is 13.0. The fourth-order valence-corrected chi connectivity index (χ4v) is 5.02. The molecule has 1 atom stereocenters. The van der Waals surface area contributed by atoms with E-state index in [4.69, 9.17) is 0 Å². The van der Waals surface area contributed by atoms with Gasteiger partial charge < -0.3 is 10.6 Å². The zero-order valence-corrected chi connectivity index (χ0v) is 19.5. The van der Waals surface area contributed by atoms with Gasteiger partial charge in [-0.2, -0.15) is 0 Å². The van der Waals surface area contributed by atoms with Gasteiger partial charge in [0.25, 0.3) is 5.91 Å². The smallest absolute Gasteiger partial charge is 0.251 e. The Labute approximate surface area is 197 Å². The lowest BCUT2D eigenvalue weighted by Crippen LogP contribution is -2.48. The van der Waals surface area contributed by atoms with Crippen LogP contribution in [0.25, 0.3) is 0 Å². The van der Waals surface area contributed by atoms with Gasteiger partial charge in [0.1, 0.15) is 6.04 Å². The summed E-state index contributed by atoms with van der Waals surface area (Å²) in [5, 5.41) is 7.63. The Morgan fingerprint density at radius 2 is 1.70 bits per heavy atom. The summed E-state index contributed by atoms with van der Waals surface area (Å²) in [7, 11) is -3.70. The fraction of sp³-hybridized carbons (Fsp3) is 0.250. The van der Waals surface area contributed by atoms with Gasteiger partial charge in [0, 0.05) is 29.4 Å². The summed E-state index contributed by atoms with van der Waals surface area (Å²) in [4.78, 5) is 26.5. The second kappa shape index (κ2) is 10.3. The monoisotopic (exact) mass is 483 g/mol. The molecule has 1 aliphatic rings. The molecular weight excluding hydrogens is 458 g/mol. The van der Waals surface area contributed by atoms with E-state index in [0.717, 1.165) is 23.3 Å². The highest BCUT2D eigenvalue weighted by atomic mass is 32.2. The Morgan fingerprint density at radius 1 is 0.970 bits per heavy atom. The minimum atomic E-state index is -3.70. The maximum Gasteiger partial charge on any atom is 0.251 e. The van der Waals surface area contributed by atoms with E-state index < -0.39 is 22.0 Å². The number of hydrogen-bond acceptors (Lipinski definition) is 5. The van der Waals surface area contributed by atoms with Crippen LogP contribution in [0.4, 0.5) is 0 Å². The van der Waals surface area contributed by atoms with Gasteiger partial charge in [0.2, 0.25) is 15.9 Å². The van der Waals surface area contributed by atoms with E-state index in [9.17, 15) is 18.0 Å². The number of carbonyl (C=O) groups excluding carboxylic acids is 2. The molecule has 33 heavy (non-hydrogen) atoms. The molecule has 9 heteroatoms. The van der Waals surface area contributed by atoms with Gasteiger partial charge in [0.15, 0.2) is 0 Å². The molecule has 1 saturated carbocycles. The number of benzene rings is 2. The normalized spacial score (nSPS) is 14.4. The van der Waals surface area contributed by atoms with Gasteiger partial charge >= 0.3 is 0 Å². The fourth-order valence-electron chi connectivity index (χ4n) is 3.28. The third-order valence-electron chi connectivity index (χ3n) is 5.27. The molecule has 1 heterocycles. The lowest BCUT2D eigenvalue weighted by atomic mass is 10.0. The summed E-state index contributed by atoms with van der Waals surface area (Å²) in [5.41, 5.74) is 1.22. The van der Waals surface area contributed by atoms with E-state index in [-0.39, 0.29) is 29.0 Å². The van der Waals surface area contributed by atoms with Crippen LogP contribution in [0.15, 0.2) is 77.0 Å². The first-order chi connectivity index (χ1) is 15.9.